The van der Waals surface area contributed by atoms with Gasteiger partial charge in [-0.3, -0.25) is 4.79 Å². The summed E-state index contributed by atoms with van der Waals surface area (Å²) in [6.07, 6.45) is 7.23. The molecule has 0 radical (unpaired) electrons. The molecule has 1 atom stereocenters. The van der Waals surface area contributed by atoms with E-state index >= 15 is 0 Å². The maximum absolute atomic E-state index is 12.0. The van der Waals surface area contributed by atoms with Crippen molar-refractivity contribution in [1.82, 2.24) is 5.32 Å². The lowest BCUT2D eigenvalue weighted by molar-refractivity contribution is 0.0935. The number of amides is 1. The molecule has 1 unspecified atom stereocenters. The third-order valence-corrected chi connectivity index (χ3v) is 3.58. The van der Waals surface area contributed by atoms with Crippen molar-refractivity contribution in [2.24, 2.45) is 0 Å². The van der Waals surface area contributed by atoms with Gasteiger partial charge in [-0.05, 0) is 53.4 Å². The first kappa shape index (κ1) is 12.2. The van der Waals surface area contributed by atoms with Gasteiger partial charge in [-0.15, -0.1) is 0 Å². The minimum absolute atomic E-state index is 0.0514. The molecule has 1 aliphatic rings. The predicted molar refractivity (Wildman–Crippen MR) is 72.8 cm³/mol. The molecular weight excluding hydrogens is 280 g/mol. The standard InChI is InChI=1S/C13H15BrN2O/c14-11-7-6-9(8-12(11)15)13(17)16-10-4-2-1-3-5-10/h1-2,6-8,10H,3-5,15H2,(H,16,17). The Kier molecular flexibility index (Phi) is 3.84. The molecule has 1 amide bonds. The fourth-order valence-corrected chi connectivity index (χ4v) is 2.13. The van der Waals surface area contributed by atoms with Gasteiger partial charge in [-0.2, -0.15) is 0 Å². The fraction of sp³-hybridized carbons (Fsp3) is 0.308. The first-order valence-electron chi connectivity index (χ1n) is 5.67. The van der Waals surface area contributed by atoms with Gasteiger partial charge in [0.05, 0.1) is 0 Å². The van der Waals surface area contributed by atoms with Crippen LogP contribution in [0, 0.1) is 0 Å². The highest BCUT2D eigenvalue weighted by molar-refractivity contribution is 9.10. The zero-order valence-corrected chi connectivity index (χ0v) is 11.0. The van der Waals surface area contributed by atoms with Gasteiger partial charge in [0, 0.05) is 21.8 Å². The molecule has 0 fully saturated rings. The predicted octanol–water partition coefficient (Wildman–Crippen LogP) is 2.87. The van der Waals surface area contributed by atoms with Crippen LogP contribution in [-0.2, 0) is 0 Å². The van der Waals surface area contributed by atoms with E-state index in [4.69, 9.17) is 5.73 Å². The van der Waals surface area contributed by atoms with Gasteiger partial charge in [0.25, 0.3) is 5.91 Å². The van der Waals surface area contributed by atoms with E-state index in [9.17, 15) is 4.79 Å². The van der Waals surface area contributed by atoms with Gasteiger partial charge < -0.3 is 11.1 Å². The Balaban J connectivity index is 2.03. The first-order valence-corrected chi connectivity index (χ1v) is 6.47. The van der Waals surface area contributed by atoms with Gasteiger partial charge in [-0.25, -0.2) is 0 Å². The minimum Gasteiger partial charge on any atom is -0.398 e. The number of carbonyl (C=O) groups is 1. The number of hydrogen-bond acceptors (Lipinski definition) is 2. The molecule has 3 N–H and O–H groups in total. The summed E-state index contributed by atoms with van der Waals surface area (Å²) in [6, 6.07) is 5.51. The van der Waals surface area contributed by atoms with Crippen LogP contribution in [0.25, 0.3) is 0 Å². The van der Waals surface area contributed by atoms with E-state index in [2.05, 4.69) is 33.4 Å². The van der Waals surface area contributed by atoms with Crippen molar-refractivity contribution in [3.05, 3.63) is 40.4 Å². The van der Waals surface area contributed by atoms with Crippen molar-refractivity contribution in [1.29, 1.82) is 0 Å². The number of rotatable bonds is 2. The molecule has 0 heterocycles. The van der Waals surface area contributed by atoms with Crippen LogP contribution in [0.5, 0.6) is 0 Å². The van der Waals surface area contributed by atoms with Crippen molar-refractivity contribution in [3.63, 3.8) is 0 Å². The van der Waals surface area contributed by atoms with Crippen LogP contribution in [0.4, 0.5) is 5.69 Å². The quantitative estimate of drug-likeness (QED) is 0.651. The average Bonchev–Trinajstić information content (AvgIpc) is 2.34. The summed E-state index contributed by atoms with van der Waals surface area (Å²) in [5, 5.41) is 3.02. The maximum atomic E-state index is 12.0. The lowest BCUT2D eigenvalue weighted by Crippen LogP contribution is -2.35. The Bertz CT molecular complexity index is 457. The molecule has 3 nitrogen and oxygen atoms in total. The molecule has 0 saturated carbocycles. The summed E-state index contributed by atoms with van der Waals surface area (Å²) in [7, 11) is 0. The van der Waals surface area contributed by atoms with Crippen LogP contribution in [-0.4, -0.2) is 11.9 Å². The number of benzene rings is 1. The summed E-state index contributed by atoms with van der Waals surface area (Å²) in [6.45, 7) is 0. The van der Waals surface area contributed by atoms with E-state index in [0.717, 1.165) is 23.7 Å². The molecule has 0 bridgehead atoms. The Morgan fingerprint density at radius 2 is 2.24 bits per heavy atom. The van der Waals surface area contributed by atoms with Gasteiger partial charge >= 0.3 is 0 Å². The second kappa shape index (κ2) is 5.36. The Labute approximate surface area is 109 Å². The molecule has 0 saturated heterocycles. The first-order chi connectivity index (χ1) is 8.16. The summed E-state index contributed by atoms with van der Waals surface area (Å²) >= 11 is 3.31. The van der Waals surface area contributed by atoms with E-state index in [0.29, 0.717) is 11.3 Å². The van der Waals surface area contributed by atoms with E-state index in [1.165, 1.54) is 0 Å². The van der Waals surface area contributed by atoms with Crippen molar-refractivity contribution in [3.8, 4) is 0 Å². The number of nitrogen functional groups attached to an aromatic ring is 1. The molecule has 90 valence electrons. The summed E-state index contributed by atoms with van der Waals surface area (Å²) in [5.74, 6) is -0.0514. The number of nitrogens with one attached hydrogen (secondary N) is 1. The van der Waals surface area contributed by atoms with E-state index in [-0.39, 0.29) is 11.9 Å². The number of allylic oxidation sites excluding steroid dienone is 1. The van der Waals surface area contributed by atoms with Gasteiger partial charge in [0.1, 0.15) is 0 Å². The molecule has 4 heteroatoms. The van der Waals surface area contributed by atoms with E-state index in [1.54, 1.807) is 18.2 Å². The van der Waals surface area contributed by atoms with Gasteiger partial charge in [0.2, 0.25) is 0 Å². The van der Waals surface area contributed by atoms with Crippen molar-refractivity contribution in [2.75, 3.05) is 5.73 Å². The molecule has 1 aromatic rings. The van der Waals surface area contributed by atoms with Crippen molar-refractivity contribution in [2.45, 2.75) is 25.3 Å². The molecule has 2 rings (SSSR count). The van der Waals surface area contributed by atoms with E-state index < -0.39 is 0 Å². The van der Waals surface area contributed by atoms with Crippen LogP contribution < -0.4 is 11.1 Å². The zero-order valence-electron chi connectivity index (χ0n) is 9.45. The summed E-state index contributed by atoms with van der Waals surface area (Å²) < 4.78 is 0.814. The molecule has 17 heavy (non-hydrogen) atoms. The topological polar surface area (TPSA) is 55.1 Å². The fourth-order valence-electron chi connectivity index (χ4n) is 1.88. The lowest BCUT2D eigenvalue weighted by Gasteiger charge is -2.19. The molecular formula is C13H15BrN2O. The SMILES string of the molecule is Nc1cc(C(=O)NC2CC=CCC2)ccc1Br. The molecule has 0 aromatic heterocycles. The highest BCUT2D eigenvalue weighted by atomic mass is 79.9. The molecule has 0 aliphatic heterocycles. The summed E-state index contributed by atoms with van der Waals surface area (Å²) in [4.78, 5) is 12.0. The van der Waals surface area contributed by atoms with Crippen LogP contribution >= 0.6 is 15.9 Å². The van der Waals surface area contributed by atoms with Crippen LogP contribution in [0.1, 0.15) is 29.6 Å². The normalized spacial score (nSPS) is 19.0. The Hall–Kier alpha value is -1.29. The van der Waals surface area contributed by atoms with Crippen molar-refractivity contribution < 1.29 is 4.79 Å². The largest absolute Gasteiger partial charge is 0.398 e. The lowest BCUT2D eigenvalue weighted by atomic mass is 10.0. The highest BCUT2D eigenvalue weighted by Crippen LogP contribution is 2.20. The number of carbonyl (C=O) groups excluding carboxylic acids is 1. The number of nitrogens with two attached hydrogens (primary N) is 1. The molecule has 0 spiro atoms. The van der Waals surface area contributed by atoms with Gasteiger partial charge in [0.15, 0.2) is 0 Å². The molecule has 1 aromatic carbocycles. The number of hydrogen-bond donors (Lipinski definition) is 2. The third kappa shape index (κ3) is 3.09. The highest BCUT2D eigenvalue weighted by Gasteiger charge is 2.14. The monoisotopic (exact) mass is 294 g/mol. The smallest absolute Gasteiger partial charge is 0.251 e. The second-order valence-corrected chi connectivity index (χ2v) is 5.05. The molecule has 1 aliphatic carbocycles. The van der Waals surface area contributed by atoms with E-state index in [1.807, 2.05) is 0 Å². The Morgan fingerprint density at radius 1 is 1.41 bits per heavy atom. The van der Waals surface area contributed by atoms with Crippen LogP contribution in [0.3, 0.4) is 0 Å². The van der Waals surface area contributed by atoms with Crippen molar-refractivity contribution >= 4 is 27.5 Å². The van der Waals surface area contributed by atoms with Crippen LogP contribution in [0.15, 0.2) is 34.8 Å². The van der Waals surface area contributed by atoms with Gasteiger partial charge in [-0.1, -0.05) is 12.2 Å². The zero-order chi connectivity index (χ0) is 12.3. The number of halogens is 1. The van der Waals surface area contributed by atoms with Crippen LogP contribution in [0.2, 0.25) is 0 Å². The minimum atomic E-state index is -0.0514. The third-order valence-electron chi connectivity index (χ3n) is 2.86. The average molecular weight is 295 g/mol. The number of anilines is 1. The summed E-state index contributed by atoms with van der Waals surface area (Å²) in [5.41, 5.74) is 6.95. The second-order valence-electron chi connectivity index (χ2n) is 4.19. The maximum Gasteiger partial charge on any atom is 0.251 e. The Morgan fingerprint density at radius 3 is 2.88 bits per heavy atom.